The van der Waals surface area contributed by atoms with Gasteiger partial charge in [0.05, 0.1) is 12.6 Å². The highest BCUT2D eigenvalue weighted by atomic mass is 16.4. The van der Waals surface area contributed by atoms with Crippen LogP contribution in [-0.2, 0) is 25.6 Å². The van der Waals surface area contributed by atoms with Crippen LogP contribution >= 0.6 is 0 Å². The van der Waals surface area contributed by atoms with E-state index in [4.69, 9.17) is 5.73 Å². The van der Waals surface area contributed by atoms with Crippen LogP contribution in [0.3, 0.4) is 0 Å². The molecule has 3 amide bonds. The molecule has 4 atom stereocenters. The molecule has 1 saturated heterocycles. The predicted octanol–water partition coefficient (Wildman–Crippen LogP) is -1.39. The van der Waals surface area contributed by atoms with E-state index in [0.717, 1.165) is 5.56 Å². The lowest BCUT2D eigenvalue weighted by molar-refractivity contribution is -0.149. The lowest BCUT2D eigenvalue weighted by Crippen LogP contribution is -2.55. The number of aliphatic hydroxyl groups is 1. The van der Waals surface area contributed by atoms with Gasteiger partial charge in [-0.3, -0.25) is 14.4 Å². The van der Waals surface area contributed by atoms with Gasteiger partial charge in [0.15, 0.2) is 0 Å². The zero-order valence-corrected chi connectivity index (χ0v) is 16.8. The van der Waals surface area contributed by atoms with Crippen LogP contribution < -0.4 is 16.4 Å². The molecule has 1 aliphatic heterocycles. The number of carbonyl (C=O) groups excluding carboxylic acids is 3. The highest BCUT2D eigenvalue weighted by Gasteiger charge is 2.37. The third-order valence-electron chi connectivity index (χ3n) is 4.98. The Morgan fingerprint density at radius 3 is 2.50 bits per heavy atom. The van der Waals surface area contributed by atoms with Gasteiger partial charge in [-0.05, 0) is 25.3 Å². The standard InChI is InChI=1S/C20H28N4O6/c1-12(25)17(21)18(27)22-11-16(26)23-14(10-13-6-3-2-4-7-13)19(28)24-9-5-8-15(24)20(29)30/h2-4,6-7,12,14-15,17,25H,5,8-11,21H2,1H3,(H,22,27)(H,23,26)(H,29,30). The predicted molar refractivity (Wildman–Crippen MR) is 107 cm³/mol. The number of nitrogens with zero attached hydrogens (tertiary/aromatic N) is 1. The molecular formula is C20H28N4O6. The molecule has 0 aliphatic carbocycles. The summed E-state index contributed by atoms with van der Waals surface area (Å²) in [5.41, 5.74) is 6.31. The van der Waals surface area contributed by atoms with E-state index in [0.29, 0.717) is 19.4 Å². The van der Waals surface area contributed by atoms with E-state index in [-0.39, 0.29) is 6.42 Å². The van der Waals surface area contributed by atoms with Crippen LogP contribution in [0.4, 0.5) is 0 Å². The lowest BCUT2D eigenvalue weighted by Gasteiger charge is -2.27. The maximum absolute atomic E-state index is 13.0. The van der Waals surface area contributed by atoms with Gasteiger partial charge in [0.1, 0.15) is 18.1 Å². The van der Waals surface area contributed by atoms with Crippen molar-refractivity contribution in [1.29, 1.82) is 0 Å². The van der Waals surface area contributed by atoms with Gasteiger partial charge in [0.2, 0.25) is 17.7 Å². The SMILES string of the molecule is CC(O)C(N)C(=O)NCC(=O)NC(Cc1ccccc1)C(=O)N1CCCC1C(=O)O. The first-order valence-electron chi connectivity index (χ1n) is 9.78. The molecule has 1 aromatic rings. The summed E-state index contributed by atoms with van der Waals surface area (Å²) < 4.78 is 0. The Bertz CT molecular complexity index is 770. The number of nitrogens with one attached hydrogen (secondary N) is 2. The number of hydrogen-bond donors (Lipinski definition) is 5. The number of nitrogens with two attached hydrogens (primary N) is 1. The Balaban J connectivity index is 2.08. The maximum Gasteiger partial charge on any atom is 0.326 e. The summed E-state index contributed by atoms with van der Waals surface area (Å²) in [6.07, 6.45) is 0.0289. The van der Waals surface area contributed by atoms with Crippen LogP contribution in [0.15, 0.2) is 30.3 Å². The summed E-state index contributed by atoms with van der Waals surface area (Å²) in [5, 5.41) is 23.6. The Morgan fingerprint density at radius 2 is 1.90 bits per heavy atom. The van der Waals surface area contributed by atoms with E-state index >= 15 is 0 Å². The Labute approximate surface area is 174 Å². The molecule has 0 bridgehead atoms. The molecule has 30 heavy (non-hydrogen) atoms. The number of carboxylic acids is 1. The fraction of sp³-hybridized carbons (Fsp3) is 0.500. The fourth-order valence-electron chi connectivity index (χ4n) is 3.29. The monoisotopic (exact) mass is 420 g/mol. The number of aliphatic carboxylic acids is 1. The normalized spacial score (nSPS) is 18.9. The summed E-state index contributed by atoms with van der Waals surface area (Å²) in [4.78, 5) is 49.9. The highest BCUT2D eigenvalue weighted by molar-refractivity contribution is 5.93. The molecule has 1 fully saturated rings. The van der Waals surface area contributed by atoms with Gasteiger partial charge in [-0.25, -0.2) is 4.79 Å². The number of aliphatic hydroxyl groups excluding tert-OH is 1. The van der Waals surface area contributed by atoms with E-state index in [2.05, 4.69) is 10.6 Å². The number of carbonyl (C=O) groups is 4. The molecule has 2 rings (SSSR count). The van der Waals surface area contributed by atoms with Crippen LogP contribution in [-0.4, -0.2) is 76.1 Å². The summed E-state index contributed by atoms with van der Waals surface area (Å²) >= 11 is 0. The third kappa shape index (κ3) is 6.26. The van der Waals surface area contributed by atoms with Crippen molar-refractivity contribution < 1.29 is 29.4 Å². The zero-order valence-electron chi connectivity index (χ0n) is 16.8. The summed E-state index contributed by atoms with van der Waals surface area (Å²) in [7, 11) is 0. The number of hydrogen-bond acceptors (Lipinski definition) is 6. The van der Waals surface area contributed by atoms with Crippen LogP contribution in [0.2, 0.25) is 0 Å². The third-order valence-corrected chi connectivity index (χ3v) is 4.98. The van der Waals surface area contributed by atoms with Gasteiger partial charge < -0.3 is 31.5 Å². The van der Waals surface area contributed by atoms with E-state index in [9.17, 15) is 29.4 Å². The number of amides is 3. The second kappa shape index (κ2) is 10.7. The molecule has 1 aliphatic rings. The zero-order chi connectivity index (χ0) is 22.3. The molecule has 164 valence electrons. The van der Waals surface area contributed by atoms with Crippen molar-refractivity contribution in [2.75, 3.05) is 13.1 Å². The first-order chi connectivity index (χ1) is 14.2. The van der Waals surface area contributed by atoms with Crippen LogP contribution in [0.5, 0.6) is 0 Å². The van der Waals surface area contributed by atoms with Gasteiger partial charge >= 0.3 is 5.97 Å². The second-order valence-electron chi connectivity index (χ2n) is 7.32. The van der Waals surface area contributed by atoms with Crippen molar-refractivity contribution in [2.24, 2.45) is 5.73 Å². The highest BCUT2D eigenvalue weighted by Crippen LogP contribution is 2.19. The first kappa shape index (κ1) is 23.3. The van der Waals surface area contributed by atoms with Gasteiger partial charge in [0.25, 0.3) is 0 Å². The van der Waals surface area contributed by atoms with Crippen LogP contribution in [0, 0.1) is 0 Å². The molecule has 0 saturated carbocycles. The molecule has 1 heterocycles. The fourth-order valence-corrected chi connectivity index (χ4v) is 3.29. The Kier molecular flexibility index (Phi) is 8.31. The van der Waals surface area contributed by atoms with Crippen molar-refractivity contribution in [3.05, 3.63) is 35.9 Å². The molecule has 1 aromatic carbocycles. The quantitative estimate of drug-likeness (QED) is 0.329. The molecular weight excluding hydrogens is 392 g/mol. The molecule has 0 aromatic heterocycles. The molecule has 10 heteroatoms. The summed E-state index contributed by atoms with van der Waals surface area (Å²) in [6, 6.07) is 5.93. The van der Waals surface area contributed by atoms with Gasteiger partial charge in [0, 0.05) is 13.0 Å². The molecule has 6 N–H and O–H groups in total. The smallest absolute Gasteiger partial charge is 0.326 e. The number of benzene rings is 1. The Morgan fingerprint density at radius 1 is 1.23 bits per heavy atom. The largest absolute Gasteiger partial charge is 0.480 e. The van der Waals surface area contributed by atoms with Gasteiger partial charge in [-0.1, -0.05) is 30.3 Å². The molecule has 10 nitrogen and oxygen atoms in total. The van der Waals surface area contributed by atoms with Crippen molar-refractivity contribution in [2.45, 2.75) is 50.4 Å². The average molecular weight is 420 g/mol. The number of likely N-dealkylation sites (tertiary alicyclic amines) is 1. The average Bonchev–Trinajstić information content (AvgIpc) is 3.21. The van der Waals surface area contributed by atoms with Gasteiger partial charge in [-0.2, -0.15) is 0 Å². The van der Waals surface area contributed by atoms with E-state index < -0.39 is 54.5 Å². The minimum Gasteiger partial charge on any atom is -0.480 e. The van der Waals surface area contributed by atoms with E-state index in [1.54, 1.807) is 24.3 Å². The van der Waals surface area contributed by atoms with Crippen LogP contribution in [0.1, 0.15) is 25.3 Å². The first-order valence-corrected chi connectivity index (χ1v) is 9.78. The van der Waals surface area contributed by atoms with E-state index in [1.807, 2.05) is 6.07 Å². The maximum atomic E-state index is 13.0. The lowest BCUT2D eigenvalue weighted by atomic mass is 10.0. The minimum atomic E-state index is -1.18. The van der Waals surface area contributed by atoms with Crippen molar-refractivity contribution in [1.82, 2.24) is 15.5 Å². The van der Waals surface area contributed by atoms with Crippen molar-refractivity contribution in [3.63, 3.8) is 0 Å². The molecule has 0 radical (unpaired) electrons. The molecule has 4 unspecified atom stereocenters. The van der Waals surface area contributed by atoms with Crippen molar-refractivity contribution >= 4 is 23.7 Å². The summed E-state index contributed by atoms with van der Waals surface area (Å²) in [5.74, 6) is -2.88. The Hall–Kier alpha value is -2.98. The van der Waals surface area contributed by atoms with Crippen LogP contribution in [0.25, 0.3) is 0 Å². The summed E-state index contributed by atoms with van der Waals surface area (Å²) in [6.45, 7) is 1.23. The minimum absolute atomic E-state index is 0.176. The topological polar surface area (TPSA) is 162 Å². The van der Waals surface area contributed by atoms with Crippen molar-refractivity contribution in [3.8, 4) is 0 Å². The number of rotatable bonds is 9. The van der Waals surface area contributed by atoms with Gasteiger partial charge in [-0.15, -0.1) is 0 Å². The second-order valence-corrected chi connectivity index (χ2v) is 7.32. The van der Waals surface area contributed by atoms with E-state index in [1.165, 1.54) is 11.8 Å². The number of carboxylic acid groups (broad SMARTS) is 1. The molecule has 0 spiro atoms.